The number of isocyanates is 2. The van der Waals surface area contributed by atoms with E-state index in [1.807, 2.05) is 0 Å². The first kappa shape index (κ1) is 19.1. The van der Waals surface area contributed by atoms with Crippen LogP contribution in [0.5, 0.6) is 0 Å². The zero-order valence-corrected chi connectivity index (χ0v) is 15.1. The number of hydrogen-bond acceptors (Lipinski definition) is 4. The number of nitrogens with zero attached hydrogens (tertiary/aromatic N) is 2. The van der Waals surface area contributed by atoms with E-state index in [1.165, 1.54) is 51.4 Å². The Morgan fingerprint density at radius 2 is 1.29 bits per heavy atom. The van der Waals surface area contributed by atoms with Gasteiger partial charge < -0.3 is 0 Å². The molecule has 0 saturated heterocycles. The second-order valence-electron chi connectivity index (χ2n) is 7.91. The van der Waals surface area contributed by atoms with Gasteiger partial charge in [0.1, 0.15) is 0 Å². The first-order valence-electron chi connectivity index (χ1n) is 9.89. The maximum atomic E-state index is 10.8. The maximum absolute atomic E-state index is 10.8. The van der Waals surface area contributed by atoms with Crippen LogP contribution in [0.4, 0.5) is 0 Å². The Hall–Kier alpha value is -1.24. The van der Waals surface area contributed by atoms with E-state index in [1.54, 1.807) is 12.2 Å². The fraction of sp³-hybridized carbons (Fsp3) is 0.900. The van der Waals surface area contributed by atoms with Crippen LogP contribution in [-0.4, -0.2) is 24.2 Å². The summed E-state index contributed by atoms with van der Waals surface area (Å²) >= 11 is 0. The van der Waals surface area contributed by atoms with E-state index in [0.717, 1.165) is 25.7 Å². The molecule has 0 amide bonds. The molecule has 2 aliphatic rings. The molecule has 0 aromatic heterocycles. The third-order valence-electron chi connectivity index (χ3n) is 6.16. The molecular formula is C20H32N2O2. The average Bonchev–Trinajstić information content (AvgIpc) is 2.77. The molecule has 0 heterocycles. The molecule has 2 rings (SSSR count). The second-order valence-corrected chi connectivity index (χ2v) is 7.91. The molecule has 24 heavy (non-hydrogen) atoms. The van der Waals surface area contributed by atoms with Gasteiger partial charge in [0, 0.05) is 0 Å². The summed E-state index contributed by atoms with van der Waals surface area (Å²) < 4.78 is 0. The van der Waals surface area contributed by atoms with Crippen LogP contribution in [0, 0.1) is 17.8 Å². The van der Waals surface area contributed by atoms with Crippen LogP contribution in [0.3, 0.4) is 0 Å². The van der Waals surface area contributed by atoms with Crippen LogP contribution in [0.1, 0.15) is 84.0 Å². The molecule has 2 fully saturated rings. The minimum Gasteiger partial charge on any atom is -0.211 e. The number of rotatable bonds is 5. The predicted molar refractivity (Wildman–Crippen MR) is 95.4 cm³/mol. The lowest BCUT2D eigenvalue weighted by Gasteiger charge is -2.30. The molecule has 0 aliphatic heterocycles. The molecule has 0 aromatic rings. The van der Waals surface area contributed by atoms with Crippen molar-refractivity contribution in [3.05, 3.63) is 0 Å². The number of aliphatic imine (C=N–C) groups is 2. The molecule has 2 saturated carbocycles. The van der Waals surface area contributed by atoms with Crippen molar-refractivity contribution in [1.29, 1.82) is 0 Å². The third-order valence-corrected chi connectivity index (χ3v) is 6.16. The molecule has 0 spiro atoms. The highest BCUT2D eigenvalue weighted by Gasteiger charge is 2.27. The quantitative estimate of drug-likeness (QED) is 0.405. The van der Waals surface area contributed by atoms with Crippen molar-refractivity contribution in [2.45, 2.75) is 96.1 Å². The Kier molecular flexibility index (Phi) is 8.42. The van der Waals surface area contributed by atoms with E-state index < -0.39 is 0 Å². The summed E-state index contributed by atoms with van der Waals surface area (Å²) in [5.74, 6) is 2.01. The molecule has 4 heteroatoms. The summed E-state index contributed by atoms with van der Waals surface area (Å²) in [7, 11) is 0. The van der Waals surface area contributed by atoms with Gasteiger partial charge in [0.15, 0.2) is 0 Å². The molecule has 0 aromatic carbocycles. The summed E-state index contributed by atoms with van der Waals surface area (Å²) in [6.07, 6.45) is 17.6. The van der Waals surface area contributed by atoms with Crippen molar-refractivity contribution >= 4 is 12.2 Å². The minimum atomic E-state index is 0.160. The SMILES string of the molecule is CCC1CCCC(CC2CCCCC(N=C=O)C2)CC(N=C=O)C1. The van der Waals surface area contributed by atoms with E-state index in [4.69, 9.17) is 0 Å². The highest BCUT2D eigenvalue weighted by molar-refractivity contribution is 5.33. The Balaban J connectivity index is 1.95. The first-order chi connectivity index (χ1) is 11.7. The highest BCUT2D eigenvalue weighted by Crippen LogP contribution is 2.36. The Morgan fingerprint density at radius 1 is 0.750 bits per heavy atom. The van der Waals surface area contributed by atoms with Gasteiger partial charge in [-0.1, -0.05) is 51.9 Å². The van der Waals surface area contributed by atoms with Gasteiger partial charge in [-0.15, -0.1) is 0 Å². The zero-order valence-electron chi connectivity index (χ0n) is 15.1. The molecule has 134 valence electrons. The van der Waals surface area contributed by atoms with Crippen LogP contribution in [0.15, 0.2) is 9.98 Å². The van der Waals surface area contributed by atoms with Gasteiger partial charge in [0.25, 0.3) is 0 Å². The second kappa shape index (κ2) is 10.6. The van der Waals surface area contributed by atoms with Gasteiger partial charge in [-0.3, -0.25) is 0 Å². The standard InChI is InChI=1S/C20H32N2O2/c1-2-16-7-5-8-18(13-20(11-16)22-15-24)10-17-6-3-4-9-19(12-17)21-14-23/h16-20H,2-13H2,1H3. The average molecular weight is 332 g/mol. The van der Waals surface area contributed by atoms with Gasteiger partial charge >= 0.3 is 0 Å². The zero-order chi connectivity index (χ0) is 17.2. The fourth-order valence-corrected chi connectivity index (χ4v) is 4.87. The number of hydrogen-bond donors (Lipinski definition) is 0. The van der Waals surface area contributed by atoms with E-state index in [0.29, 0.717) is 17.8 Å². The Labute approximate surface area is 146 Å². The Bertz CT molecular complexity index is 466. The minimum absolute atomic E-state index is 0.160. The molecule has 4 nitrogen and oxygen atoms in total. The predicted octanol–water partition coefficient (Wildman–Crippen LogP) is 4.97. The topological polar surface area (TPSA) is 58.9 Å². The summed E-state index contributed by atoms with van der Waals surface area (Å²) in [5, 5.41) is 0. The smallest absolute Gasteiger partial charge is 0.211 e. The summed E-state index contributed by atoms with van der Waals surface area (Å²) in [4.78, 5) is 29.5. The molecule has 5 unspecified atom stereocenters. The van der Waals surface area contributed by atoms with Gasteiger partial charge in [-0.25, -0.2) is 19.6 Å². The van der Waals surface area contributed by atoms with Crippen LogP contribution in [0.2, 0.25) is 0 Å². The lowest BCUT2D eigenvalue weighted by Crippen LogP contribution is -2.22. The molecule has 2 aliphatic carbocycles. The molecular weight excluding hydrogens is 300 g/mol. The summed E-state index contributed by atoms with van der Waals surface area (Å²) in [6.45, 7) is 2.24. The van der Waals surface area contributed by atoms with Crippen LogP contribution in [0.25, 0.3) is 0 Å². The van der Waals surface area contributed by atoms with Crippen LogP contribution in [-0.2, 0) is 9.59 Å². The van der Waals surface area contributed by atoms with Gasteiger partial charge in [-0.05, 0) is 49.9 Å². The van der Waals surface area contributed by atoms with E-state index in [9.17, 15) is 9.59 Å². The molecule has 0 N–H and O–H groups in total. The van der Waals surface area contributed by atoms with Crippen molar-refractivity contribution in [2.24, 2.45) is 27.7 Å². The summed E-state index contributed by atoms with van der Waals surface area (Å²) in [6, 6.07) is 0.337. The van der Waals surface area contributed by atoms with Gasteiger partial charge in [-0.2, -0.15) is 0 Å². The van der Waals surface area contributed by atoms with Crippen molar-refractivity contribution in [2.75, 3.05) is 0 Å². The summed E-state index contributed by atoms with van der Waals surface area (Å²) in [5.41, 5.74) is 0. The van der Waals surface area contributed by atoms with E-state index >= 15 is 0 Å². The van der Waals surface area contributed by atoms with E-state index in [-0.39, 0.29) is 12.1 Å². The van der Waals surface area contributed by atoms with Crippen molar-refractivity contribution in [3.8, 4) is 0 Å². The number of carbonyl (C=O) groups excluding carboxylic acids is 2. The third kappa shape index (κ3) is 6.34. The van der Waals surface area contributed by atoms with Gasteiger partial charge in [0.05, 0.1) is 12.1 Å². The van der Waals surface area contributed by atoms with Crippen molar-refractivity contribution < 1.29 is 9.59 Å². The van der Waals surface area contributed by atoms with Crippen molar-refractivity contribution in [1.82, 2.24) is 0 Å². The first-order valence-corrected chi connectivity index (χ1v) is 9.89. The van der Waals surface area contributed by atoms with Crippen LogP contribution >= 0.6 is 0 Å². The van der Waals surface area contributed by atoms with Crippen molar-refractivity contribution in [3.63, 3.8) is 0 Å². The van der Waals surface area contributed by atoms with Crippen LogP contribution < -0.4 is 0 Å². The highest BCUT2D eigenvalue weighted by atomic mass is 16.1. The largest absolute Gasteiger partial charge is 0.235 e. The molecule has 0 radical (unpaired) electrons. The Morgan fingerprint density at radius 3 is 2.00 bits per heavy atom. The lowest BCUT2D eigenvalue weighted by molar-refractivity contribution is 0.240. The molecule has 5 atom stereocenters. The van der Waals surface area contributed by atoms with E-state index in [2.05, 4.69) is 16.9 Å². The van der Waals surface area contributed by atoms with Gasteiger partial charge in [0.2, 0.25) is 12.2 Å². The monoisotopic (exact) mass is 332 g/mol. The maximum Gasteiger partial charge on any atom is 0.235 e. The fourth-order valence-electron chi connectivity index (χ4n) is 4.87. The normalized spacial score (nSPS) is 34.8. The lowest BCUT2D eigenvalue weighted by atomic mass is 9.77. The molecule has 0 bridgehead atoms.